The van der Waals surface area contributed by atoms with Crippen LogP contribution in [-0.2, 0) is 17.8 Å². The van der Waals surface area contributed by atoms with Crippen molar-refractivity contribution in [3.8, 4) is 5.75 Å². The van der Waals surface area contributed by atoms with Crippen molar-refractivity contribution >= 4 is 23.7 Å². The van der Waals surface area contributed by atoms with E-state index in [1.54, 1.807) is 59.1 Å². The predicted molar refractivity (Wildman–Crippen MR) is 110 cm³/mol. The Kier molecular flexibility index (Phi) is 5.82. The number of methoxy groups -OCH3 is 1. The van der Waals surface area contributed by atoms with E-state index in [4.69, 9.17) is 9.47 Å². The molecule has 0 saturated heterocycles. The molecule has 1 aromatic heterocycles. The highest BCUT2D eigenvalue weighted by atomic mass is 16.6. The Hall–Kier alpha value is -3.36. The van der Waals surface area contributed by atoms with E-state index in [2.05, 4.69) is 10.4 Å². The van der Waals surface area contributed by atoms with Crippen LogP contribution in [0, 0.1) is 0 Å². The Morgan fingerprint density at radius 1 is 1.13 bits per heavy atom. The SMILES string of the molecule is CCC(=O)n1nc(NC(=O)c2ccc(OC)cc2)c2c1CN(C(=O)OC(C)(C)C)C2. The zero-order valence-corrected chi connectivity index (χ0v) is 17.8. The number of carbonyl (C=O) groups is 3. The minimum Gasteiger partial charge on any atom is -0.497 e. The van der Waals surface area contributed by atoms with Crippen LogP contribution in [0.15, 0.2) is 24.3 Å². The van der Waals surface area contributed by atoms with Crippen LogP contribution in [0.1, 0.15) is 60.5 Å². The van der Waals surface area contributed by atoms with Gasteiger partial charge in [-0.25, -0.2) is 9.48 Å². The van der Waals surface area contributed by atoms with Gasteiger partial charge in [0, 0.05) is 17.5 Å². The number of aromatic nitrogens is 2. The zero-order valence-electron chi connectivity index (χ0n) is 17.8. The van der Waals surface area contributed by atoms with E-state index in [0.29, 0.717) is 22.6 Å². The molecule has 30 heavy (non-hydrogen) atoms. The van der Waals surface area contributed by atoms with Gasteiger partial charge in [0.1, 0.15) is 11.4 Å². The van der Waals surface area contributed by atoms with Crippen molar-refractivity contribution in [2.24, 2.45) is 0 Å². The van der Waals surface area contributed by atoms with Crippen LogP contribution in [0.4, 0.5) is 10.6 Å². The van der Waals surface area contributed by atoms with Crippen LogP contribution in [0.5, 0.6) is 5.75 Å². The van der Waals surface area contributed by atoms with Gasteiger partial charge in [0.2, 0.25) is 5.91 Å². The summed E-state index contributed by atoms with van der Waals surface area (Å²) < 4.78 is 11.8. The van der Waals surface area contributed by atoms with Gasteiger partial charge in [0.15, 0.2) is 5.82 Å². The molecule has 2 aromatic rings. The molecular weight excluding hydrogens is 388 g/mol. The Morgan fingerprint density at radius 2 is 1.80 bits per heavy atom. The molecule has 0 saturated carbocycles. The van der Waals surface area contributed by atoms with Gasteiger partial charge in [-0.05, 0) is 45.0 Å². The van der Waals surface area contributed by atoms with Crippen molar-refractivity contribution in [2.75, 3.05) is 12.4 Å². The number of benzene rings is 1. The second kappa shape index (κ2) is 8.17. The molecule has 0 spiro atoms. The third-order valence-electron chi connectivity index (χ3n) is 4.55. The Bertz CT molecular complexity index is 973. The highest BCUT2D eigenvalue weighted by Gasteiger charge is 2.34. The molecule has 0 radical (unpaired) electrons. The molecule has 2 amide bonds. The number of hydrogen-bond donors (Lipinski definition) is 1. The average Bonchev–Trinajstić information content (AvgIpc) is 3.27. The maximum absolute atomic E-state index is 12.7. The molecular formula is C21H26N4O5. The summed E-state index contributed by atoms with van der Waals surface area (Å²) in [5, 5.41) is 7.06. The van der Waals surface area contributed by atoms with E-state index in [0.717, 1.165) is 0 Å². The molecule has 1 N–H and O–H groups in total. The standard InChI is InChI=1S/C21H26N4O5/c1-6-17(26)25-16-12-24(20(28)30-21(2,3)4)11-15(16)18(23-25)22-19(27)13-7-9-14(29-5)10-8-13/h7-10H,6,11-12H2,1-5H3,(H,22,23,27). The number of nitrogens with one attached hydrogen (secondary N) is 1. The Labute approximate surface area is 174 Å². The van der Waals surface area contributed by atoms with E-state index in [-0.39, 0.29) is 37.1 Å². The fourth-order valence-corrected chi connectivity index (χ4v) is 3.08. The minimum absolute atomic E-state index is 0.182. The van der Waals surface area contributed by atoms with Gasteiger partial charge in [-0.1, -0.05) is 6.92 Å². The quantitative estimate of drug-likeness (QED) is 0.822. The summed E-state index contributed by atoms with van der Waals surface area (Å²) in [6.45, 7) is 7.47. The lowest BCUT2D eigenvalue weighted by Gasteiger charge is -2.24. The molecule has 0 unspecified atom stereocenters. The fraction of sp³-hybridized carbons (Fsp3) is 0.429. The largest absolute Gasteiger partial charge is 0.497 e. The van der Waals surface area contributed by atoms with E-state index >= 15 is 0 Å². The number of nitrogens with zero attached hydrogens (tertiary/aromatic N) is 3. The molecule has 0 aliphatic carbocycles. The lowest BCUT2D eigenvalue weighted by Crippen LogP contribution is -2.34. The van der Waals surface area contributed by atoms with Gasteiger partial charge in [0.25, 0.3) is 5.91 Å². The smallest absolute Gasteiger partial charge is 0.410 e. The molecule has 160 valence electrons. The van der Waals surface area contributed by atoms with Crippen molar-refractivity contribution in [1.29, 1.82) is 0 Å². The number of anilines is 1. The molecule has 9 heteroatoms. The summed E-state index contributed by atoms with van der Waals surface area (Å²) in [5.74, 6) is 0.309. The van der Waals surface area contributed by atoms with Gasteiger partial charge in [-0.3, -0.25) is 14.5 Å². The molecule has 2 heterocycles. The molecule has 0 fully saturated rings. The molecule has 1 aromatic carbocycles. The molecule has 1 aliphatic rings. The maximum atomic E-state index is 12.7. The topological polar surface area (TPSA) is 103 Å². The summed E-state index contributed by atoms with van der Waals surface area (Å²) in [4.78, 5) is 39.0. The van der Waals surface area contributed by atoms with E-state index in [1.165, 1.54) is 9.58 Å². The number of hydrogen-bond acceptors (Lipinski definition) is 6. The van der Waals surface area contributed by atoms with Gasteiger partial charge in [-0.2, -0.15) is 0 Å². The first-order chi connectivity index (χ1) is 14.1. The van der Waals surface area contributed by atoms with Crippen LogP contribution < -0.4 is 10.1 Å². The van der Waals surface area contributed by atoms with Gasteiger partial charge in [0.05, 0.1) is 25.9 Å². The van der Waals surface area contributed by atoms with Crippen LogP contribution in [0.3, 0.4) is 0 Å². The van der Waals surface area contributed by atoms with E-state index < -0.39 is 11.7 Å². The number of carbonyl (C=O) groups excluding carboxylic acids is 3. The summed E-state index contributed by atoms with van der Waals surface area (Å²) in [6.07, 6.45) is -0.242. The molecule has 1 aliphatic heterocycles. The van der Waals surface area contributed by atoms with Gasteiger partial charge >= 0.3 is 6.09 Å². The van der Waals surface area contributed by atoms with Gasteiger partial charge < -0.3 is 14.8 Å². The van der Waals surface area contributed by atoms with Crippen molar-refractivity contribution < 1.29 is 23.9 Å². The predicted octanol–water partition coefficient (Wildman–Crippen LogP) is 3.44. The van der Waals surface area contributed by atoms with E-state index in [9.17, 15) is 14.4 Å². The van der Waals surface area contributed by atoms with E-state index in [1.807, 2.05) is 0 Å². The third kappa shape index (κ3) is 4.45. The maximum Gasteiger partial charge on any atom is 0.410 e. The van der Waals surface area contributed by atoms with Crippen LogP contribution in [0.25, 0.3) is 0 Å². The molecule has 0 bridgehead atoms. The first-order valence-corrected chi connectivity index (χ1v) is 9.70. The number of ether oxygens (including phenoxy) is 2. The molecule has 0 atom stereocenters. The summed E-state index contributed by atoms with van der Waals surface area (Å²) in [7, 11) is 1.55. The van der Waals surface area contributed by atoms with Crippen molar-refractivity contribution in [2.45, 2.75) is 52.8 Å². The summed E-state index contributed by atoms with van der Waals surface area (Å²) >= 11 is 0. The second-order valence-corrected chi connectivity index (χ2v) is 7.95. The van der Waals surface area contributed by atoms with Crippen LogP contribution in [-0.4, -0.2) is 45.3 Å². The Morgan fingerprint density at radius 3 is 2.37 bits per heavy atom. The molecule has 3 rings (SSSR count). The lowest BCUT2D eigenvalue weighted by atomic mass is 10.2. The first kappa shape index (κ1) is 21.4. The summed E-state index contributed by atoms with van der Waals surface area (Å²) in [5.41, 5.74) is 0.993. The summed E-state index contributed by atoms with van der Waals surface area (Å²) in [6, 6.07) is 6.64. The average molecular weight is 414 g/mol. The third-order valence-corrected chi connectivity index (χ3v) is 4.55. The number of amides is 2. The highest BCUT2D eigenvalue weighted by Crippen LogP contribution is 2.31. The minimum atomic E-state index is -0.636. The van der Waals surface area contributed by atoms with Crippen molar-refractivity contribution in [3.05, 3.63) is 41.1 Å². The zero-order chi connectivity index (χ0) is 22.1. The van der Waals surface area contributed by atoms with Crippen molar-refractivity contribution in [1.82, 2.24) is 14.7 Å². The number of fused-ring (bicyclic) bond motifs is 1. The second-order valence-electron chi connectivity index (χ2n) is 7.95. The lowest BCUT2D eigenvalue weighted by molar-refractivity contribution is 0.0237. The monoisotopic (exact) mass is 414 g/mol. The highest BCUT2D eigenvalue weighted by molar-refractivity contribution is 6.04. The first-order valence-electron chi connectivity index (χ1n) is 9.70. The normalized spacial score (nSPS) is 13.0. The fourth-order valence-electron chi connectivity index (χ4n) is 3.08. The van der Waals surface area contributed by atoms with Crippen LogP contribution in [0.2, 0.25) is 0 Å². The van der Waals surface area contributed by atoms with Crippen LogP contribution >= 0.6 is 0 Å². The van der Waals surface area contributed by atoms with Gasteiger partial charge in [-0.15, -0.1) is 5.10 Å². The molecule has 9 nitrogen and oxygen atoms in total. The van der Waals surface area contributed by atoms with Crippen molar-refractivity contribution in [3.63, 3.8) is 0 Å². The Balaban J connectivity index is 1.85. The number of rotatable bonds is 4.